The number of nitriles is 1. The number of pyridine rings is 2. The molecule has 1 amide bonds. The number of carbonyl (C=O) groups excluding carboxylic acids is 1. The van der Waals surface area contributed by atoms with Gasteiger partial charge >= 0.3 is 0 Å². The maximum absolute atomic E-state index is 12.7. The van der Waals surface area contributed by atoms with E-state index in [0.717, 1.165) is 10.9 Å². The first-order valence-corrected chi connectivity index (χ1v) is 9.08. The van der Waals surface area contributed by atoms with E-state index in [1.165, 1.54) is 4.57 Å². The average Bonchev–Trinajstić information content (AvgIpc) is 2.76. The number of aryl methyl sites for hydroxylation is 1. The maximum Gasteiger partial charge on any atom is 0.270 e. The van der Waals surface area contributed by atoms with Gasteiger partial charge in [-0.2, -0.15) is 5.26 Å². The molecule has 1 aliphatic heterocycles. The molecule has 29 heavy (non-hydrogen) atoms. The van der Waals surface area contributed by atoms with Crippen LogP contribution in [0, 0.1) is 11.3 Å². The quantitative estimate of drug-likeness (QED) is 0.714. The summed E-state index contributed by atoms with van der Waals surface area (Å²) >= 11 is 0. The maximum atomic E-state index is 12.7. The third-order valence-electron chi connectivity index (χ3n) is 5.20. The van der Waals surface area contributed by atoms with Gasteiger partial charge in [0.1, 0.15) is 11.6 Å². The number of rotatable bonds is 2. The summed E-state index contributed by atoms with van der Waals surface area (Å²) in [5.74, 6) is -0.0311. The smallest absolute Gasteiger partial charge is 0.270 e. The molecule has 0 atom stereocenters. The Labute approximate surface area is 168 Å². The highest BCUT2D eigenvalue weighted by Crippen LogP contribution is 2.29. The molecule has 148 valence electrons. The molecule has 2 aromatic heterocycles. The van der Waals surface area contributed by atoms with Gasteiger partial charge in [0, 0.05) is 56.6 Å². The van der Waals surface area contributed by atoms with Crippen LogP contribution in [-0.4, -0.2) is 46.5 Å². The molecule has 1 saturated heterocycles. The summed E-state index contributed by atoms with van der Waals surface area (Å²) in [6.45, 7) is 2.16. The van der Waals surface area contributed by atoms with Crippen LogP contribution in [0.4, 0.5) is 5.69 Å². The molecular weight excluding hydrogens is 368 g/mol. The average molecular weight is 390 g/mol. The highest BCUT2D eigenvalue weighted by molar-refractivity contribution is 5.96. The van der Waals surface area contributed by atoms with Crippen LogP contribution in [0.3, 0.4) is 0 Å². The van der Waals surface area contributed by atoms with Crippen molar-refractivity contribution in [1.82, 2.24) is 20.6 Å². The van der Waals surface area contributed by atoms with E-state index in [0.29, 0.717) is 37.4 Å². The molecule has 8 heteroatoms. The van der Waals surface area contributed by atoms with Crippen LogP contribution in [0.5, 0.6) is 0 Å². The van der Waals surface area contributed by atoms with Crippen molar-refractivity contribution in [2.24, 2.45) is 7.05 Å². The number of piperazine rings is 1. The summed E-state index contributed by atoms with van der Waals surface area (Å²) in [4.78, 5) is 33.1. The molecule has 1 aromatic carbocycles. The number of carbonyl (C=O) groups is 1. The first kappa shape index (κ1) is 20.0. The molecule has 0 bridgehead atoms. The third kappa shape index (κ3) is 3.44. The number of fused-ring (bicyclic) bond motifs is 1. The number of para-hydroxylation sites is 1. The Morgan fingerprint density at radius 3 is 2.38 bits per heavy atom. The fraction of sp³-hybridized carbons (Fsp3) is 0.238. The zero-order chi connectivity index (χ0) is 19.7. The molecule has 3 heterocycles. The van der Waals surface area contributed by atoms with E-state index in [1.807, 2.05) is 29.2 Å². The Balaban J connectivity index is 0.00000240. The fourth-order valence-electron chi connectivity index (χ4n) is 3.72. The van der Waals surface area contributed by atoms with Crippen molar-refractivity contribution < 1.29 is 4.79 Å². The lowest BCUT2D eigenvalue weighted by atomic mass is 10.1. The van der Waals surface area contributed by atoms with Crippen molar-refractivity contribution >= 4 is 22.5 Å². The number of anilines is 1. The number of hydrogen-bond acceptors (Lipinski definition) is 6. The summed E-state index contributed by atoms with van der Waals surface area (Å²) in [5, 5.41) is 10.5. The van der Waals surface area contributed by atoms with Crippen molar-refractivity contribution in [2.45, 2.75) is 0 Å². The van der Waals surface area contributed by atoms with Gasteiger partial charge in [-0.05, 0) is 18.2 Å². The van der Waals surface area contributed by atoms with Crippen molar-refractivity contribution in [1.29, 1.82) is 5.26 Å². The van der Waals surface area contributed by atoms with E-state index >= 15 is 0 Å². The van der Waals surface area contributed by atoms with Crippen LogP contribution >= 0.6 is 0 Å². The Kier molecular flexibility index (Phi) is 5.61. The van der Waals surface area contributed by atoms with E-state index in [2.05, 4.69) is 11.1 Å². The predicted molar refractivity (Wildman–Crippen MR) is 111 cm³/mol. The first-order valence-electron chi connectivity index (χ1n) is 9.08. The topological polar surface area (TPSA) is 117 Å². The lowest BCUT2D eigenvalue weighted by molar-refractivity contribution is 0.0746. The summed E-state index contributed by atoms with van der Waals surface area (Å²) in [6.07, 6.45) is 3.21. The van der Waals surface area contributed by atoms with Crippen LogP contribution in [0.1, 0.15) is 15.9 Å². The zero-order valence-corrected chi connectivity index (χ0v) is 16.2. The number of benzene rings is 1. The lowest BCUT2D eigenvalue weighted by Gasteiger charge is -2.37. The minimum absolute atomic E-state index is 0. The molecule has 1 fully saturated rings. The van der Waals surface area contributed by atoms with Gasteiger partial charge in [-0.25, -0.2) is 0 Å². The molecule has 0 unspecified atom stereocenters. The van der Waals surface area contributed by atoms with E-state index < -0.39 is 0 Å². The van der Waals surface area contributed by atoms with Gasteiger partial charge < -0.3 is 20.5 Å². The Hall–Kier alpha value is -3.70. The highest BCUT2D eigenvalue weighted by atomic mass is 16.2. The molecule has 0 aliphatic carbocycles. The van der Waals surface area contributed by atoms with Crippen LogP contribution in [0.2, 0.25) is 0 Å². The summed E-state index contributed by atoms with van der Waals surface area (Å²) in [5.41, 5.74) is 1.91. The van der Waals surface area contributed by atoms with E-state index in [4.69, 9.17) is 0 Å². The minimum Gasteiger partial charge on any atom is -0.366 e. The Morgan fingerprint density at radius 2 is 1.72 bits per heavy atom. The van der Waals surface area contributed by atoms with Crippen molar-refractivity contribution in [2.75, 3.05) is 31.1 Å². The number of amides is 1. The molecule has 3 N–H and O–H groups in total. The minimum atomic E-state index is -0.300. The molecular formula is C21H22N6O2. The second-order valence-corrected chi connectivity index (χ2v) is 6.73. The predicted octanol–water partition coefficient (Wildman–Crippen LogP) is 1.93. The van der Waals surface area contributed by atoms with E-state index in [-0.39, 0.29) is 23.2 Å². The van der Waals surface area contributed by atoms with E-state index in [1.54, 1.807) is 36.5 Å². The molecule has 4 rings (SSSR count). The van der Waals surface area contributed by atoms with Crippen LogP contribution in [-0.2, 0) is 7.05 Å². The second kappa shape index (κ2) is 8.12. The van der Waals surface area contributed by atoms with E-state index in [9.17, 15) is 14.9 Å². The Morgan fingerprint density at radius 1 is 1.07 bits per heavy atom. The molecule has 8 nitrogen and oxygen atoms in total. The van der Waals surface area contributed by atoms with Gasteiger partial charge in [0.05, 0.1) is 11.2 Å². The van der Waals surface area contributed by atoms with Crippen molar-refractivity contribution in [3.63, 3.8) is 0 Å². The zero-order valence-electron chi connectivity index (χ0n) is 16.2. The summed E-state index contributed by atoms with van der Waals surface area (Å²) < 4.78 is 1.51. The van der Waals surface area contributed by atoms with Crippen molar-refractivity contribution in [3.05, 3.63) is 70.3 Å². The number of hydrogen-bond donors (Lipinski definition) is 1. The highest BCUT2D eigenvalue weighted by Gasteiger charge is 2.26. The largest absolute Gasteiger partial charge is 0.366 e. The summed E-state index contributed by atoms with van der Waals surface area (Å²) in [7, 11) is 1.68. The van der Waals surface area contributed by atoms with Gasteiger partial charge in [-0.15, -0.1) is 0 Å². The SMILES string of the molecule is Cn1c(=O)c(C#N)c(N2CCN(C(=O)c3ccncc3)CC2)c2ccccc21.N. The van der Waals surface area contributed by atoms with Crippen molar-refractivity contribution in [3.8, 4) is 6.07 Å². The first-order chi connectivity index (χ1) is 13.6. The lowest BCUT2D eigenvalue weighted by Crippen LogP contribution is -2.49. The van der Waals surface area contributed by atoms with Crippen LogP contribution < -0.4 is 16.6 Å². The molecule has 1 aliphatic rings. The summed E-state index contributed by atoms with van der Waals surface area (Å²) in [6, 6.07) is 13.1. The third-order valence-corrected chi connectivity index (χ3v) is 5.20. The monoisotopic (exact) mass is 390 g/mol. The van der Waals surface area contributed by atoms with Gasteiger partial charge in [-0.3, -0.25) is 14.6 Å². The van der Waals surface area contributed by atoms with Gasteiger partial charge in [-0.1, -0.05) is 18.2 Å². The number of aromatic nitrogens is 2. The fourth-order valence-corrected chi connectivity index (χ4v) is 3.72. The van der Waals surface area contributed by atoms with Gasteiger partial charge in [0.2, 0.25) is 0 Å². The standard InChI is InChI=1S/C21H19N5O2.H3N/c1-24-18-5-3-2-4-16(18)19(17(14-22)21(24)28)25-10-12-26(13-11-25)20(27)15-6-8-23-9-7-15;/h2-9H,10-13H2,1H3;1H3. The molecule has 0 spiro atoms. The van der Waals surface area contributed by atoms with Gasteiger partial charge in [0.15, 0.2) is 0 Å². The second-order valence-electron chi connectivity index (χ2n) is 6.73. The number of nitrogens with zero attached hydrogens (tertiary/aromatic N) is 5. The molecule has 3 aromatic rings. The van der Waals surface area contributed by atoms with Gasteiger partial charge in [0.25, 0.3) is 11.5 Å². The van der Waals surface area contributed by atoms with Crippen LogP contribution in [0.15, 0.2) is 53.6 Å². The normalized spacial score (nSPS) is 13.7. The Bertz CT molecular complexity index is 1140. The van der Waals surface area contributed by atoms with Crippen LogP contribution in [0.25, 0.3) is 10.9 Å². The molecule has 0 saturated carbocycles. The molecule has 0 radical (unpaired) electrons.